The topological polar surface area (TPSA) is 82.2 Å². The van der Waals surface area contributed by atoms with Crippen molar-refractivity contribution in [1.82, 2.24) is 9.78 Å². The quantitative estimate of drug-likeness (QED) is 0.828. The first-order valence-electron chi connectivity index (χ1n) is 7.27. The molecule has 0 atom stereocenters. The number of nitrogens with two attached hydrogens (primary N) is 1. The van der Waals surface area contributed by atoms with E-state index in [0.717, 1.165) is 12.8 Å². The van der Waals surface area contributed by atoms with E-state index >= 15 is 0 Å². The van der Waals surface area contributed by atoms with E-state index in [1.54, 1.807) is 4.68 Å². The average Bonchev–Trinajstić information content (AvgIpc) is 2.76. The molecule has 1 saturated carbocycles. The predicted octanol–water partition coefficient (Wildman–Crippen LogP) is 2.58. The summed E-state index contributed by atoms with van der Waals surface area (Å²) in [6.45, 7) is 3.96. The van der Waals surface area contributed by atoms with Gasteiger partial charge in [-0.05, 0) is 26.7 Å². The summed E-state index contributed by atoms with van der Waals surface area (Å²) in [5.41, 5.74) is 6.40. The first-order chi connectivity index (χ1) is 9.54. The molecule has 1 aromatic rings. The zero-order valence-electron chi connectivity index (χ0n) is 12.5. The van der Waals surface area contributed by atoms with Crippen molar-refractivity contribution in [3.8, 4) is 0 Å². The van der Waals surface area contributed by atoms with E-state index < -0.39 is 5.97 Å². The van der Waals surface area contributed by atoms with Crippen LogP contribution in [0.4, 0.5) is 11.6 Å². The molecular weight excluding hydrogens is 256 g/mol. The van der Waals surface area contributed by atoms with Gasteiger partial charge in [-0.1, -0.05) is 19.3 Å². The molecular formula is C14H24N4O2. The highest BCUT2D eigenvalue weighted by Crippen LogP contribution is 2.28. The van der Waals surface area contributed by atoms with Crippen LogP contribution in [0.1, 0.15) is 62.4 Å². The Bertz CT molecular complexity index is 476. The van der Waals surface area contributed by atoms with Crippen molar-refractivity contribution in [3.63, 3.8) is 0 Å². The summed E-state index contributed by atoms with van der Waals surface area (Å²) in [7, 11) is 1.36. The van der Waals surface area contributed by atoms with Gasteiger partial charge in [0, 0.05) is 12.1 Å². The van der Waals surface area contributed by atoms with E-state index in [4.69, 9.17) is 10.5 Å². The molecule has 6 nitrogen and oxygen atoms in total. The van der Waals surface area contributed by atoms with Crippen LogP contribution in [-0.2, 0) is 4.74 Å². The SMILES string of the molecule is COC(=O)c1c(NC2CCCCC2)nn(C(C)C)c1N. The third-order valence-electron chi connectivity index (χ3n) is 3.77. The lowest BCUT2D eigenvalue weighted by molar-refractivity contribution is 0.0603. The van der Waals surface area contributed by atoms with E-state index in [9.17, 15) is 4.79 Å². The van der Waals surface area contributed by atoms with Crippen LogP contribution in [-0.4, -0.2) is 28.9 Å². The van der Waals surface area contributed by atoms with Gasteiger partial charge in [0.25, 0.3) is 0 Å². The fourth-order valence-corrected chi connectivity index (χ4v) is 2.69. The Balaban J connectivity index is 2.29. The van der Waals surface area contributed by atoms with Gasteiger partial charge >= 0.3 is 5.97 Å². The maximum absolute atomic E-state index is 11.9. The van der Waals surface area contributed by atoms with Crippen molar-refractivity contribution in [2.45, 2.75) is 58.0 Å². The van der Waals surface area contributed by atoms with Crippen LogP contribution in [0.15, 0.2) is 0 Å². The number of esters is 1. The van der Waals surface area contributed by atoms with E-state index in [2.05, 4.69) is 10.4 Å². The number of nitrogens with one attached hydrogen (secondary N) is 1. The van der Waals surface area contributed by atoms with Gasteiger partial charge in [0.1, 0.15) is 11.4 Å². The number of hydrogen-bond acceptors (Lipinski definition) is 5. The van der Waals surface area contributed by atoms with E-state index in [0.29, 0.717) is 23.2 Å². The molecule has 0 radical (unpaired) electrons. The predicted molar refractivity (Wildman–Crippen MR) is 78.9 cm³/mol. The molecule has 0 spiro atoms. The van der Waals surface area contributed by atoms with Gasteiger partial charge in [-0.2, -0.15) is 5.10 Å². The first-order valence-corrected chi connectivity index (χ1v) is 7.27. The lowest BCUT2D eigenvalue weighted by Gasteiger charge is -2.22. The summed E-state index contributed by atoms with van der Waals surface area (Å²) in [5, 5.41) is 7.82. The molecule has 0 bridgehead atoms. The minimum Gasteiger partial charge on any atom is -0.465 e. The maximum atomic E-state index is 11.9. The highest BCUT2D eigenvalue weighted by molar-refractivity contribution is 5.99. The molecule has 20 heavy (non-hydrogen) atoms. The number of carbonyl (C=O) groups is 1. The molecule has 0 unspecified atom stereocenters. The fraction of sp³-hybridized carbons (Fsp3) is 0.714. The van der Waals surface area contributed by atoms with Crippen LogP contribution in [0, 0.1) is 0 Å². The van der Waals surface area contributed by atoms with Crippen LogP contribution in [0.25, 0.3) is 0 Å². The number of nitrogens with zero attached hydrogens (tertiary/aromatic N) is 2. The van der Waals surface area contributed by atoms with Gasteiger partial charge in [0.15, 0.2) is 5.82 Å². The minimum absolute atomic E-state index is 0.0975. The lowest BCUT2D eigenvalue weighted by Crippen LogP contribution is -2.23. The normalized spacial score (nSPS) is 16.4. The van der Waals surface area contributed by atoms with Crippen molar-refractivity contribution in [2.75, 3.05) is 18.2 Å². The summed E-state index contributed by atoms with van der Waals surface area (Å²) < 4.78 is 6.49. The number of carbonyl (C=O) groups excluding carboxylic acids is 1. The number of aromatic nitrogens is 2. The number of anilines is 2. The average molecular weight is 280 g/mol. The Morgan fingerprint density at radius 1 is 1.40 bits per heavy atom. The van der Waals surface area contributed by atoms with Crippen LogP contribution in [0.2, 0.25) is 0 Å². The Morgan fingerprint density at radius 2 is 2.05 bits per heavy atom. The standard InChI is InChI=1S/C14H24N4O2/c1-9(2)18-12(15)11(14(19)20-3)13(17-18)16-10-7-5-4-6-8-10/h9-10H,4-8,15H2,1-3H3,(H,16,17). The smallest absolute Gasteiger partial charge is 0.345 e. The van der Waals surface area contributed by atoms with Crippen LogP contribution >= 0.6 is 0 Å². The Morgan fingerprint density at radius 3 is 2.60 bits per heavy atom. The molecule has 6 heteroatoms. The third-order valence-corrected chi connectivity index (χ3v) is 3.77. The van der Waals surface area contributed by atoms with Crippen molar-refractivity contribution in [2.24, 2.45) is 0 Å². The van der Waals surface area contributed by atoms with Crippen molar-refractivity contribution < 1.29 is 9.53 Å². The number of nitrogen functional groups attached to an aromatic ring is 1. The van der Waals surface area contributed by atoms with Crippen LogP contribution in [0.5, 0.6) is 0 Å². The summed E-state index contributed by atoms with van der Waals surface area (Å²) >= 11 is 0. The van der Waals surface area contributed by atoms with E-state index in [1.165, 1.54) is 26.4 Å². The summed E-state index contributed by atoms with van der Waals surface area (Å²) in [4.78, 5) is 11.9. The first kappa shape index (κ1) is 14.7. The maximum Gasteiger partial charge on any atom is 0.345 e. The van der Waals surface area contributed by atoms with Crippen LogP contribution < -0.4 is 11.1 Å². The molecule has 3 N–H and O–H groups in total. The van der Waals surface area contributed by atoms with Crippen LogP contribution in [0.3, 0.4) is 0 Å². The molecule has 112 valence electrons. The fourth-order valence-electron chi connectivity index (χ4n) is 2.69. The second-order valence-electron chi connectivity index (χ2n) is 5.62. The zero-order valence-corrected chi connectivity index (χ0v) is 12.5. The number of methoxy groups -OCH3 is 1. The van der Waals surface area contributed by atoms with Gasteiger partial charge in [0.05, 0.1) is 7.11 Å². The summed E-state index contributed by atoms with van der Waals surface area (Å²) in [6, 6.07) is 0.461. The Labute approximate surface area is 119 Å². The summed E-state index contributed by atoms with van der Waals surface area (Å²) in [6.07, 6.45) is 5.92. The third kappa shape index (κ3) is 2.89. The number of hydrogen-bond donors (Lipinski definition) is 2. The van der Waals surface area contributed by atoms with E-state index in [1.807, 2.05) is 13.8 Å². The molecule has 2 rings (SSSR count). The molecule has 1 heterocycles. The molecule has 0 amide bonds. The molecule has 0 saturated heterocycles. The lowest BCUT2D eigenvalue weighted by atomic mass is 9.95. The monoisotopic (exact) mass is 280 g/mol. The van der Waals surface area contributed by atoms with Crippen molar-refractivity contribution in [1.29, 1.82) is 0 Å². The van der Waals surface area contributed by atoms with Gasteiger partial charge in [0.2, 0.25) is 0 Å². The van der Waals surface area contributed by atoms with Gasteiger partial charge in [-0.15, -0.1) is 0 Å². The highest BCUT2D eigenvalue weighted by atomic mass is 16.5. The number of ether oxygens (including phenoxy) is 1. The molecule has 1 aromatic heterocycles. The molecule has 1 fully saturated rings. The molecule has 1 aliphatic rings. The Hall–Kier alpha value is -1.72. The second kappa shape index (κ2) is 6.15. The second-order valence-corrected chi connectivity index (χ2v) is 5.62. The van der Waals surface area contributed by atoms with Crippen molar-refractivity contribution >= 4 is 17.6 Å². The molecule has 1 aliphatic carbocycles. The highest BCUT2D eigenvalue weighted by Gasteiger charge is 2.26. The largest absolute Gasteiger partial charge is 0.465 e. The van der Waals surface area contributed by atoms with Gasteiger partial charge in [-0.3, -0.25) is 0 Å². The summed E-state index contributed by atoms with van der Waals surface area (Å²) in [5.74, 6) is 0.479. The Kier molecular flexibility index (Phi) is 4.52. The van der Waals surface area contributed by atoms with E-state index in [-0.39, 0.29) is 6.04 Å². The van der Waals surface area contributed by atoms with Crippen molar-refractivity contribution in [3.05, 3.63) is 5.56 Å². The molecule has 0 aliphatic heterocycles. The molecule has 0 aromatic carbocycles. The number of rotatable bonds is 4. The van der Waals surface area contributed by atoms with Gasteiger partial charge < -0.3 is 15.8 Å². The minimum atomic E-state index is -0.437. The van der Waals surface area contributed by atoms with Gasteiger partial charge in [-0.25, -0.2) is 9.48 Å². The zero-order chi connectivity index (χ0) is 14.7.